The van der Waals surface area contributed by atoms with Crippen LogP contribution in [-0.4, -0.2) is 29.9 Å². The van der Waals surface area contributed by atoms with E-state index in [2.05, 4.69) is 11.6 Å². The molecule has 0 radical (unpaired) electrons. The van der Waals surface area contributed by atoms with Crippen LogP contribution in [0.3, 0.4) is 0 Å². The molecule has 0 aliphatic carbocycles. The first-order valence-electron chi connectivity index (χ1n) is 6.18. The first-order valence-corrected chi connectivity index (χ1v) is 7.98. The minimum atomic E-state index is -0.392. The number of nitrogens with zero attached hydrogens (tertiary/aromatic N) is 1. The number of esters is 1. The molecular weight excluding hydrogens is 294 g/mol. The van der Waals surface area contributed by atoms with Gasteiger partial charge in [0, 0.05) is 11.8 Å². The van der Waals surface area contributed by atoms with E-state index in [0.29, 0.717) is 19.0 Å². The third-order valence-corrected chi connectivity index (χ3v) is 4.50. The van der Waals surface area contributed by atoms with Gasteiger partial charge in [0.1, 0.15) is 12.4 Å². The molecule has 0 unspecified atom stereocenters. The average molecular weight is 309 g/mol. The summed E-state index contributed by atoms with van der Waals surface area (Å²) in [5.74, 6) is 1.15. The van der Waals surface area contributed by atoms with E-state index in [4.69, 9.17) is 9.47 Å². The molecule has 0 fully saturated rings. The number of benzene rings is 1. The number of carbonyl (C=O) groups is 1. The maximum absolute atomic E-state index is 10.9. The zero-order chi connectivity index (χ0) is 14.4. The molecule has 0 saturated heterocycles. The van der Waals surface area contributed by atoms with Gasteiger partial charge in [-0.3, -0.25) is 0 Å². The summed E-state index contributed by atoms with van der Waals surface area (Å²) in [7, 11) is 0. The summed E-state index contributed by atoms with van der Waals surface area (Å²) in [6, 6.07) is 5.88. The molecule has 0 spiro atoms. The molecule has 0 aliphatic heterocycles. The van der Waals surface area contributed by atoms with Crippen LogP contribution in [0.4, 0.5) is 0 Å². The number of thiazole rings is 1. The first kappa shape index (κ1) is 14.9. The molecule has 6 heteroatoms. The van der Waals surface area contributed by atoms with Crippen molar-refractivity contribution < 1.29 is 14.3 Å². The van der Waals surface area contributed by atoms with Gasteiger partial charge in [0.15, 0.2) is 4.34 Å². The molecule has 1 aromatic carbocycles. The van der Waals surface area contributed by atoms with E-state index in [0.717, 1.165) is 26.4 Å². The maximum atomic E-state index is 10.9. The van der Waals surface area contributed by atoms with Gasteiger partial charge in [0.25, 0.3) is 0 Å². The highest BCUT2D eigenvalue weighted by molar-refractivity contribution is 8.01. The zero-order valence-electron chi connectivity index (χ0n) is 11.1. The molecule has 0 N–H and O–H groups in total. The monoisotopic (exact) mass is 309 g/mol. The zero-order valence-corrected chi connectivity index (χ0v) is 12.8. The predicted octanol–water partition coefficient (Wildman–Crippen LogP) is 3.52. The summed E-state index contributed by atoms with van der Waals surface area (Å²) in [6.45, 7) is 6.32. The number of carbonyl (C=O) groups excluding carboxylic acids is 1. The molecule has 4 nitrogen and oxygen atoms in total. The molecule has 1 heterocycles. The lowest BCUT2D eigenvalue weighted by Gasteiger charge is -2.00. The van der Waals surface area contributed by atoms with Crippen molar-refractivity contribution >= 4 is 39.3 Å². The molecular formula is C14H15NO3S2. The highest BCUT2D eigenvalue weighted by atomic mass is 32.2. The summed E-state index contributed by atoms with van der Waals surface area (Å²) < 4.78 is 12.4. The number of hydrogen-bond donors (Lipinski definition) is 0. The Balaban J connectivity index is 1.94. The predicted molar refractivity (Wildman–Crippen MR) is 82.7 cm³/mol. The second kappa shape index (κ2) is 7.31. The minimum Gasteiger partial charge on any atom is -0.494 e. The van der Waals surface area contributed by atoms with Crippen molar-refractivity contribution in [2.75, 3.05) is 19.0 Å². The van der Waals surface area contributed by atoms with Crippen LogP contribution < -0.4 is 4.74 Å². The maximum Gasteiger partial charge on any atom is 0.330 e. The van der Waals surface area contributed by atoms with Crippen LogP contribution in [-0.2, 0) is 9.53 Å². The van der Waals surface area contributed by atoms with Gasteiger partial charge in [-0.05, 0) is 25.1 Å². The molecule has 2 aromatic rings. The van der Waals surface area contributed by atoms with E-state index in [1.54, 1.807) is 23.1 Å². The fourth-order valence-electron chi connectivity index (χ4n) is 1.53. The standard InChI is InChI=1S/C14H15NO3S2/c1-3-13(16)18-7-8-19-14-15-11-6-5-10(17-4-2)9-12(11)20-14/h3,5-6,9H,1,4,7-8H2,2H3. The molecule has 0 saturated carbocycles. The van der Waals surface area contributed by atoms with Gasteiger partial charge < -0.3 is 9.47 Å². The van der Waals surface area contributed by atoms with Crippen molar-refractivity contribution in [1.82, 2.24) is 4.98 Å². The second-order valence-electron chi connectivity index (χ2n) is 3.76. The van der Waals surface area contributed by atoms with Gasteiger partial charge in [0.05, 0.1) is 16.8 Å². The molecule has 0 atom stereocenters. The Morgan fingerprint density at radius 2 is 2.40 bits per heavy atom. The fraction of sp³-hybridized carbons (Fsp3) is 0.286. The number of ether oxygens (including phenoxy) is 2. The summed E-state index contributed by atoms with van der Waals surface area (Å²) in [5, 5.41) is 0. The van der Waals surface area contributed by atoms with Gasteiger partial charge in [-0.15, -0.1) is 11.3 Å². The van der Waals surface area contributed by atoms with Crippen LogP contribution in [0.15, 0.2) is 35.2 Å². The molecule has 0 aliphatic rings. The molecule has 1 aromatic heterocycles. The van der Waals surface area contributed by atoms with E-state index < -0.39 is 5.97 Å². The van der Waals surface area contributed by atoms with Gasteiger partial charge >= 0.3 is 5.97 Å². The van der Waals surface area contributed by atoms with Gasteiger partial charge in [-0.2, -0.15) is 0 Å². The topological polar surface area (TPSA) is 48.4 Å². The summed E-state index contributed by atoms with van der Waals surface area (Å²) in [6.07, 6.45) is 1.16. The Morgan fingerprint density at radius 1 is 1.55 bits per heavy atom. The quantitative estimate of drug-likeness (QED) is 0.339. The number of thioether (sulfide) groups is 1. The second-order valence-corrected chi connectivity index (χ2v) is 6.14. The van der Waals surface area contributed by atoms with Crippen molar-refractivity contribution in [1.29, 1.82) is 0 Å². The van der Waals surface area contributed by atoms with Crippen LogP contribution in [0.1, 0.15) is 6.92 Å². The average Bonchev–Trinajstić information content (AvgIpc) is 2.85. The van der Waals surface area contributed by atoms with Crippen molar-refractivity contribution in [2.24, 2.45) is 0 Å². The number of aromatic nitrogens is 1. The SMILES string of the molecule is C=CC(=O)OCCSc1nc2ccc(OCC)cc2s1. The minimum absolute atomic E-state index is 0.357. The normalized spacial score (nSPS) is 10.4. The summed E-state index contributed by atoms with van der Waals surface area (Å²) in [4.78, 5) is 15.4. The van der Waals surface area contributed by atoms with E-state index in [1.165, 1.54) is 0 Å². The van der Waals surface area contributed by atoms with Crippen molar-refractivity contribution in [3.63, 3.8) is 0 Å². The Hall–Kier alpha value is -1.53. The third-order valence-electron chi connectivity index (χ3n) is 2.37. The highest BCUT2D eigenvalue weighted by Crippen LogP contribution is 2.31. The van der Waals surface area contributed by atoms with E-state index in [-0.39, 0.29) is 0 Å². The van der Waals surface area contributed by atoms with Crippen LogP contribution in [0.25, 0.3) is 10.2 Å². The Kier molecular flexibility index (Phi) is 5.43. The summed E-state index contributed by atoms with van der Waals surface area (Å²) in [5.41, 5.74) is 0.962. The largest absolute Gasteiger partial charge is 0.494 e. The molecule has 0 bridgehead atoms. The highest BCUT2D eigenvalue weighted by Gasteiger charge is 2.06. The number of rotatable bonds is 7. The van der Waals surface area contributed by atoms with E-state index in [1.807, 2.05) is 25.1 Å². The van der Waals surface area contributed by atoms with Crippen LogP contribution in [0.2, 0.25) is 0 Å². The lowest BCUT2D eigenvalue weighted by molar-refractivity contribution is -0.137. The van der Waals surface area contributed by atoms with Gasteiger partial charge in [-0.25, -0.2) is 9.78 Å². The lowest BCUT2D eigenvalue weighted by atomic mass is 10.3. The van der Waals surface area contributed by atoms with E-state index >= 15 is 0 Å². The smallest absolute Gasteiger partial charge is 0.330 e. The van der Waals surface area contributed by atoms with E-state index in [9.17, 15) is 4.79 Å². The van der Waals surface area contributed by atoms with Crippen molar-refractivity contribution in [2.45, 2.75) is 11.3 Å². The number of fused-ring (bicyclic) bond motifs is 1. The Labute approximate surface area is 125 Å². The fourth-order valence-corrected chi connectivity index (χ4v) is 3.52. The van der Waals surface area contributed by atoms with Gasteiger partial charge in [-0.1, -0.05) is 18.3 Å². The third kappa shape index (κ3) is 3.98. The van der Waals surface area contributed by atoms with Crippen LogP contribution in [0, 0.1) is 0 Å². The summed E-state index contributed by atoms with van der Waals surface area (Å²) >= 11 is 3.19. The van der Waals surface area contributed by atoms with Crippen molar-refractivity contribution in [3.8, 4) is 5.75 Å². The van der Waals surface area contributed by atoms with Crippen LogP contribution >= 0.6 is 23.1 Å². The van der Waals surface area contributed by atoms with Gasteiger partial charge in [0.2, 0.25) is 0 Å². The molecule has 2 rings (SSSR count). The Bertz CT molecular complexity index is 609. The van der Waals surface area contributed by atoms with Crippen molar-refractivity contribution in [3.05, 3.63) is 30.9 Å². The first-order chi connectivity index (χ1) is 9.72. The lowest BCUT2D eigenvalue weighted by Crippen LogP contribution is -2.03. The van der Waals surface area contributed by atoms with Crippen LogP contribution in [0.5, 0.6) is 5.75 Å². The molecule has 0 amide bonds. The Morgan fingerprint density at radius 3 is 3.15 bits per heavy atom. The number of hydrogen-bond acceptors (Lipinski definition) is 6. The molecule has 106 valence electrons. The molecule has 20 heavy (non-hydrogen) atoms.